The zero-order valence-corrected chi connectivity index (χ0v) is 15.9. The molecule has 0 atom stereocenters. The number of amides is 2. The number of carbonyl (C=O) groups is 1. The largest absolute Gasteiger partial charge is 0.324 e. The van der Waals surface area contributed by atoms with E-state index in [0.29, 0.717) is 37.7 Å². The van der Waals surface area contributed by atoms with E-state index in [1.165, 1.54) is 0 Å². The third-order valence-corrected chi connectivity index (χ3v) is 5.06. The minimum Gasteiger partial charge on any atom is -0.324 e. The summed E-state index contributed by atoms with van der Waals surface area (Å²) in [5.41, 5.74) is 3.52. The van der Waals surface area contributed by atoms with Crippen LogP contribution in [0.15, 0.2) is 29.1 Å². The molecule has 0 radical (unpaired) electrons. The lowest BCUT2D eigenvalue weighted by atomic mass is 10.0. The van der Waals surface area contributed by atoms with Gasteiger partial charge in [0.1, 0.15) is 5.82 Å². The van der Waals surface area contributed by atoms with Crippen LogP contribution in [-0.2, 0) is 19.9 Å². The Labute approximate surface area is 153 Å². The van der Waals surface area contributed by atoms with Crippen LogP contribution >= 0.6 is 0 Å². The predicted octanol–water partition coefficient (Wildman–Crippen LogP) is 2.84. The molecule has 0 saturated heterocycles. The Kier molecular flexibility index (Phi) is 5.11. The molecule has 0 bridgehead atoms. The van der Waals surface area contributed by atoms with Gasteiger partial charge in [-0.05, 0) is 30.9 Å². The third kappa shape index (κ3) is 3.49. The fourth-order valence-corrected chi connectivity index (χ4v) is 3.38. The number of benzene rings is 1. The van der Waals surface area contributed by atoms with Crippen molar-refractivity contribution in [1.82, 2.24) is 14.5 Å². The van der Waals surface area contributed by atoms with E-state index >= 15 is 0 Å². The van der Waals surface area contributed by atoms with Crippen molar-refractivity contribution in [3.63, 3.8) is 0 Å². The summed E-state index contributed by atoms with van der Waals surface area (Å²) < 4.78 is 1.58. The summed E-state index contributed by atoms with van der Waals surface area (Å²) in [7, 11) is 1.74. The Morgan fingerprint density at radius 3 is 2.62 bits per heavy atom. The van der Waals surface area contributed by atoms with Gasteiger partial charge in [0, 0.05) is 37.8 Å². The Bertz CT molecular complexity index is 886. The molecule has 0 fully saturated rings. The number of hydrogen-bond acceptors (Lipinski definition) is 3. The number of fused-ring (bicyclic) bond motifs is 1. The number of aromatic nitrogens is 2. The van der Waals surface area contributed by atoms with Crippen molar-refractivity contribution in [3.8, 4) is 0 Å². The first-order valence-electron chi connectivity index (χ1n) is 9.08. The summed E-state index contributed by atoms with van der Waals surface area (Å²) in [5, 5.41) is 3.04. The van der Waals surface area contributed by atoms with Gasteiger partial charge in [-0.25, -0.2) is 9.78 Å². The van der Waals surface area contributed by atoms with Crippen LogP contribution in [-0.4, -0.2) is 33.6 Å². The van der Waals surface area contributed by atoms with Gasteiger partial charge in [0.2, 0.25) is 0 Å². The molecular weight excluding hydrogens is 328 g/mol. The number of hydrogen-bond donors (Lipinski definition) is 1. The summed E-state index contributed by atoms with van der Waals surface area (Å²) in [6, 6.07) is 7.75. The molecule has 1 aromatic heterocycles. The summed E-state index contributed by atoms with van der Waals surface area (Å²) in [5.74, 6) is 1.03. The number of anilines is 1. The van der Waals surface area contributed by atoms with Gasteiger partial charge < -0.3 is 10.2 Å². The molecular formula is C20H26N4O2. The zero-order chi connectivity index (χ0) is 18.8. The van der Waals surface area contributed by atoms with Crippen LogP contribution in [0.5, 0.6) is 0 Å². The maximum atomic E-state index is 12.8. The van der Waals surface area contributed by atoms with Gasteiger partial charge in [0.25, 0.3) is 5.56 Å². The Morgan fingerprint density at radius 2 is 1.88 bits per heavy atom. The molecule has 1 N–H and O–H groups in total. The first-order chi connectivity index (χ1) is 12.4. The van der Waals surface area contributed by atoms with Crippen LogP contribution in [0.4, 0.5) is 10.5 Å². The number of nitrogens with one attached hydrogen (secondary N) is 1. The fraction of sp³-hybridized carbons (Fsp3) is 0.450. The SMILES string of the molecule is Cc1nc2c(c(=O)n1C)CCN(C(=O)Nc1ccccc1C(C)C)CC2. The van der Waals surface area contributed by atoms with E-state index in [2.05, 4.69) is 24.1 Å². The van der Waals surface area contributed by atoms with Crippen molar-refractivity contribution < 1.29 is 4.79 Å². The van der Waals surface area contributed by atoms with E-state index in [-0.39, 0.29) is 11.6 Å². The van der Waals surface area contributed by atoms with Crippen LogP contribution < -0.4 is 10.9 Å². The maximum Gasteiger partial charge on any atom is 0.321 e. The first kappa shape index (κ1) is 18.2. The average molecular weight is 354 g/mol. The quantitative estimate of drug-likeness (QED) is 0.902. The van der Waals surface area contributed by atoms with Crippen molar-refractivity contribution in [1.29, 1.82) is 0 Å². The number of para-hydroxylation sites is 1. The highest BCUT2D eigenvalue weighted by Crippen LogP contribution is 2.24. The van der Waals surface area contributed by atoms with Crippen molar-refractivity contribution in [2.45, 2.75) is 39.5 Å². The number of carbonyl (C=O) groups excluding carboxylic acids is 1. The third-order valence-electron chi connectivity index (χ3n) is 5.06. The zero-order valence-electron chi connectivity index (χ0n) is 15.9. The molecule has 1 aromatic carbocycles. The second kappa shape index (κ2) is 7.32. The highest BCUT2D eigenvalue weighted by Gasteiger charge is 2.23. The average Bonchev–Trinajstić information content (AvgIpc) is 2.83. The lowest BCUT2D eigenvalue weighted by Crippen LogP contribution is -2.37. The topological polar surface area (TPSA) is 67.2 Å². The van der Waals surface area contributed by atoms with Gasteiger partial charge in [0.15, 0.2) is 0 Å². The highest BCUT2D eigenvalue weighted by atomic mass is 16.2. The van der Waals surface area contributed by atoms with E-state index in [0.717, 1.165) is 22.5 Å². The van der Waals surface area contributed by atoms with E-state index < -0.39 is 0 Å². The minimum absolute atomic E-state index is 0.0000819. The van der Waals surface area contributed by atoms with E-state index in [1.807, 2.05) is 31.2 Å². The molecule has 1 aliphatic heterocycles. The molecule has 1 aliphatic rings. The molecule has 138 valence electrons. The van der Waals surface area contributed by atoms with Crippen LogP contribution in [0.25, 0.3) is 0 Å². The van der Waals surface area contributed by atoms with Crippen LogP contribution in [0.2, 0.25) is 0 Å². The molecule has 6 nitrogen and oxygen atoms in total. The van der Waals surface area contributed by atoms with Gasteiger partial charge in [-0.15, -0.1) is 0 Å². The molecule has 2 heterocycles. The van der Waals surface area contributed by atoms with Gasteiger partial charge >= 0.3 is 6.03 Å². The molecule has 2 amide bonds. The van der Waals surface area contributed by atoms with Crippen LogP contribution in [0.1, 0.15) is 42.4 Å². The van der Waals surface area contributed by atoms with Crippen molar-refractivity contribution in [3.05, 3.63) is 57.3 Å². The summed E-state index contributed by atoms with van der Waals surface area (Å²) in [4.78, 5) is 31.6. The normalized spacial score (nSPS) is 14.1. The van der Waals surface area contributed by atoms with Crippen molar-refractivity contribution in [2.75, 3.05) is 18.4 Å². The second-order valence-corrected chi connectivity index (χ2v) is 7.11. The summed E-state index contributed by atoms with van der Waals surface area (Å²) >= 11 is 0. The van der Waals surface area contributed by atoms with E-state index in [4.69, 9.17) is 0 Å². The molecule has 0 unspecified atom stereocenters. The monoisotopic (exact) mass is 354 g/mol. The van der Waals surface area contributed by atoms with E-state index in [1.54, 1.807) is 16.5 Å². The number of nitrogens with zero attached hydrogens (tertiary/aromatic N) is 3. The van der Waals surface area contributed by atoms with Gasteiger partial charge in [-0.3, -0.25) is 9.36 Å². The highest BCUT2D eigenvalue weighted by molar-refractivity contribution is 5.90. The molecule has 3 rings (SSSR count). The molecule has 26 heavy (non-hydrogen) atoms. The lowest BCUT2D eigenvalue weighted by Gasteiger charge is -2.22. The van der Waals surface area contributed by atoms with E-state index in [9.17, 15) is 9.59 Å². The summed E-state index contributed by atoms with van der Waals surface area (Å²) in [6.45, 7) is 7.12. The number of urea groups is 1. The van der Waals surface area contributed by atoms with Gasteiger partial charge in [-0.2, -0.15) is 0 Å². The number of rotatable bonds is 2. The Morgan fingerprint density at radius 1 is 1.19 bits per heavy atom. The summed E-state index contributed by atoms with van der Waals surface area (Å²) in [6.07, 6.45) is 1.14. The maximum absolute atomic E-state index is 12.8. The Hall–Kier alpha value is -2.63. The van der Waals surface area contributed by atoms with Crippen LogP contribution in [0, 0.1) is 6.92 Å². The molecule has 0 spiro atoms. The minimum atomic E-state index is -0.126. The standard InChI is InChI=1S/C20H26N4O2/c1-13(2)15-7-5-6-8-17(15)22-20(26)24-11-9-16-18(10-12-24)21-14(3)23(4)19(16)25/h5-8,13H,9-12H2,1-4H3,(H,22,26). The van der Waals surface area contributed by atoms with Crippen molar-refractivity contribution >= 4 is 11.7 Å². The first-order valence-corrected chi connectivity index (χ1v) is 9.08. The van der Waals surface area contributed by atoms with Gasteiger partial charge in [-0.1, -0.05) is 32.0 Å². The molecule has 2 aromatic rings. The number of aryl methyl sites for hydroxylation is 1. The van der Waals surface area contributed by atoms with Crippen molar-refractivity contribution in [2.24, 2.45) is 7.05 Å². The molecule has 0 aliphatic carbocycles. The molecule has 0 saturated carbocycles. The lowest BCUT2D eigenvalue weighted by molar-refractivity contribution is 0.214. The fourth-order valence-electron chi connectivity index (χ4n) is 3.38. The molecule has 6 heteroatoms. The smallest absolute Gasteiger partial charge is 0.321 e. The Balaban J connectivity index is 1.77. The van der Waals surface area contributed by atoms with Gasteiger partial charge in [0.05, 0.1) is 5.69 Å². The second-order valence-electron chi connectivity index (χ2n) is 7.11. The predicted molar refractivity (Wildman–Crippen MR) is 103 cm³/mol. The van der Waals surface area contributed by atoms with Crippen LogP contribution in [0.3, 0.4) is 0 Å².